The first kappa shape index (κ1) is 16.5. The van der Waals surface area contributed by atoms with Gasteiger partial charge in [0.05, 0.1) is 6.61 Å². The molecule has 1 aromatic carbocycles. The summed E-state index contributed by atoms with van der Waals surface area (Å²) < 4.78 is 5.17. The smallest absolute Gasteiger partial charge is 0.0713 e. The number of hydrogen-bond acceptors (Lipinski definition) is 3. The largest absolute Gasteiger partial charge is 0.380 e. The number of benzene rings is 1. The molecule has 3 heteroatoms. The van der Waals surface area contributed by atoms with Gasteiger partial charge in [0.25, 0.3) is 0 Å². The van der Waals surface area contributed by atoms with Crippen molar-refractivity contribution in [3.8, 4) is 0 Å². The molecule has 1 aliphatic rings. The van der Waals surface area contributed by atoms with Gasteiger partial charge in [-0.1, -0.05) is 31.2 Å². The summed E-state index contributed by atoms with van der Waals surface area (Å²) >= 11 is 0. The highest BCUT2D eigenvalue weighted by Crippen LogP contribution is 2.16. The molecule has 0 bridgehead atoms. The molecule has 2 rings (SSSR count). The first-order valence-corrected chi connectivity index (χ1v) is 8.31. The highest BCUT2D eigenvalue weighted by Gasteiger charge is 2.16. The molecule has 0 atom stereocenters. The lowest BCUT2D eigenvalue weighted by atomic mass is 9.97. The minimum atomic E-state index is 0.702. The van der Waals surface area contributed by atoms with E-state index in [0.717, 1.165) is 12.5 Å². The summed E-state index contributed by atoms with van der Waals surface area (Å²) in [6, 6.07) is 8.87. The van der Waals surface area contributed by atoms with E-state index in [9.17, 15) is 0 Å². The van der Waals surface area contributed by atoms with Crippen LogP contribution in [0.3, 0.4) is 0 Å². The minimum Gasteiger partial charge on any atom is -0.380 e. The van der Waals surface area contributed by atoms with E-state index in [1.54, 1.807) is 7.11 Å². The quantitative estimate of drug-likeness (QED) is 0.796. The summed E-state index contributed by atoms with van der Waals surface area (Å²) in [5, 5.41) is 3.46. The van der Waals surface area contributed by atoms with Gasteiger partial charge in [0.1, 0.15) is 0 Å². The van der Waals surface area contributed by atoms with Gasteiger partial charge < -0.3 is 10.1 Å². The van der Waals surface area contributed by atoms with Gasteiger partial charge in [-0.2, -0.15) is 0 Å². The van der Waals surface area contributed by atoms with Crippen LogP contribution in [0, 0.1) is 5.92 Å². The Kier molecular flexibility index (Phi) is 7.20. The fourth-order valence-corrected chi connectivity index (χ4v) is 3.15. The fraction of sp³-hybridized carbons (Fsp3) is 0.667. The molecule has 3 nitrogen and oxygen atoms in total. The lowest BCUT2D eigenvalue weighted by Crippen LogP contribution is -2.36. The van der Waals surface area contributed by atoms with Crippen LogP contribution in [0.1, 0.15) is 37.3 Å². The maximum Gasteiger partial charge on any atom is 0.0713 e. The second-order valence-corrected chi connectivity index (χ2v) is 6.18. The van der Waals surface area contributed by atoms with E-state index < -0.39 is 0 Å². The van der Waals surface area contributed by atoms with Crippen LogP contribution >= 0.6 is 0 Å². The van der Waals surface area contributed by atoms with Crippen molar-refractivity contribution >= 4 is 0 Å². The summed E-state index contributed by atoms with van der Waals surface area (Å²) in [6.45, 7) is 8.88. The van der Waals surface area contributed by atoms with E-state index in [-0.39, 0.29) is 0 Å². The molecule has 0 radical (unpaired) electrons. The molecule has 1 aliphatic heterocycles. The van der Waals surface area contributed by atoms with E-state index >= 15 is 0 Å². The van der Waals surface area contributed by atoms with Crippen molar-refractivity contribution in [1.29, 1.82) is 0 Å². The van der Waals surface area contributed by atoms with Gasteiger partial charge in [-0.3, -0.25) is 4.90 Å². The maximum atomic E-state index is 5.17. The number of piperidine rings is 1. The Balaban J connectivity index is 1.88. The van der Waals surface area contributed by atoms with Gasteiger partial charge in [-0.15, -0.1) is 0 Å². The molecule has 1 saturated heterocycles. The molecule has 1 heterocycles. The van der Waals surface area contributed by atoms with Crippen LogP contribution < -0.4 is 5.32 Å². The Bertz CT molecular complexity index is 385. The summed E-state index contributed by atoms with van der Waals surface area (Å²) in [4.78, 5) is 2.63. The first-order chi connectivity index (χ1) is 10.3. The average molecular weight is 290 g/mol. The standard InChI is InChI=1S/C18H30N2O/c1-3-12-20(14-17-8-10-19-11-9-17)13-16-4-6-18(7-5-16)15-21-2/h4-7,17,19H,3,8-15H2,1-2H3. The zero-order chi connectivity index (χ0) is 14.9. The third kappa shape index (κ3) is 5.77. The molecule has 0 aromatic heterocycles. The number of methoxy groups -OCH3 is 1. The molecule has 0 spiro atoms. The van der Waals surface area contributed by atoms with Gasteiger partial charge in [-0.25, -0.2) is 0 Å². The average Bonchev–Trinajstić information content (AvgIpc) is 2.51. The van der Waals surface area contributed by atoms with Crippen LogP contribution in [0.2, 0.25) is 0 Å². The Morgan fingerprint density at radius 2 is 1.81 bits per heavy atom. The second kappa shape index (κ2) is 9.19. The van der Waals surface area contributed by atoms with Crippen LogP contribution in [0.15, 0.2) is 24.3 Å². The van der Waals surface area contributed by atoms with Gasteiger partial charge in [0.15, 0.2) is 0 Å². The molecular formula is C18H30N2O. The molecule has 0 amide bonds. The van der Waals surface area contributed by atoms with Gasteiger partial charge >= 0.3 is 0 Å². The van der Waals surface area contributed by atoms with E-state index in [2.05, 4.69) is 41.4 Å². The zero-order valence-electron chi connectivity index (χ0n) is 13.6. The van der Waals surface area contributed by atoms with Gasteiger partial charge in [0.2, 0.25) is 0 Å². The maximum absolute atomic E-state index is 5.17. The number of nitrogens with zero attached hydrogens (tertiary/aromatic N) is 1. The molecule has 1 fully saturated rings. The summed E-state index contributed by atoms with van der Waals surface area (Å²) in [7, 11) is 1.75. The predicted octanol–water partition coefficient (Wildman–Crippen LogP) is 3.04. The molecule has 0 unspecified atom stereocenters. The highest BCUT2D eigenvalue weighted by molar-refractivity contribution is 5.22. The summed E-state index contributed by atoms with van der Waals surface area (Å²) in [5.74, 6) is 0.866. The lowest BCUT2D eigenvalue weighted by Gasteiger charge is -2.30. The number of nitrogens with one attached hydrogen (secondary N) is 1. The second-order valence-electron chi connectivity index (χ2n) is 6.18. The van der Waals surface area contributed by atoms with Crippen molar-refractivity contribution < 1.29 is 4.74 Å². The van der Waals surface area contributed by atoms with E-state index in [1.807, 2.05) is 0 Å². The molecule has 1 N–H and O–H groups in total. The molecule has 0 saturated carbocycles. The summed E-state index contributed by atoms with van der Waals surface area (Å²) in [6.07, 6.45) is 3.88. The molecule has 1 aromatic rings. The number of ether oxygens (including phenoxy) is 1. The fourth-order valence-electron chi connectivity index (χ4n) is 3.15. The predicted molar refractivity (Wildman–Crippen MR) is 88.3 cm³/mol. The third-order valence-corrected chi connectivity index (χ3v) is 4.26. The number of rotatable bonds is 8. The van der Waals surface area contributed by atoms with Crippen molar-refractivity contribution in [2.45, 2.75) is 39.3 Å². The van der Waals surface area contributed by atoms with Crippen LogP contribution in [-0.2, 0) is 17.9 Å². The van der Waals surface area contributed by atoms with Crippen LogP contribution in [-0.4, -0.2) is 38.2 Å². The van der Waals surface area contributed by atoms with E-state index in [0.29, 0.717) is 6.61 Å². The lowest BCUT2D eigenvalue weighted by molar-refractivity contribution is 0.184. The Hall–Kier alpha value is -0.900. The van der Waals surface area contributed by atoms with E-state index in [1.165, 1.54) is 56.6 Å². The van der Waals surface area contributed by atoms with Crippen molar-refractivity contribution in [1.82, 2.24) is 10.2 Å². The Morgan fingerprint density at radius 3 is 2.43 bits per heavy atom. The Morgan fingerprint density at radius 1 is 1.14 bits per heavy atom. The normalized spacial score (nSPS) is 16.5. The highest BCUT2D eigenvalue weighted by atomic mass is 16.5. The number of hydrogen-bond donors (Lipinski definition) is 1. The van der Waals surface area contributed by atoms with Crippen molar-refractivity contribution in [3.63, 3.8) is 0 Å². The monoisotopic (exact) mass is 290 g/mol. The van der Waals surface area contributed by atoms with Crippen molar-refractivity contribution in [3.05, 3.63) is 35.4 Å². The van der Waals surface area contributed by atoms with Crippen molar-refractivity contribution in [2.75, 3.05) is 33.3 Å². The van der Waals surface area contributed by atoms with E-state index in [4.69, 9.17) is 4.74 Å². The van der Waals surface area contributed by atoms with Crippen molar-refractivity contribution in [2.24, 2.45) is 5.92 Å². The van der Waals surface area contributed by atoms with Gasteiger partial charge in [0, 0.05) is 20.2 Å². The molecule has 0 aliphatic carbocycles. The van der Waals surface area contributed by atoms with Crippen LogP contribution in [0.25, 0.3) is 0 Å². The first-order valence-electron chi connectivity index (χ1n) is 8.31. The molecule has 118 valence electrons. The zero-order valence-corrected chi connectivity index (χ0v) is 13.6. The third-order valence-electron chi connectivity index (χ3n) is 4.26. The Labute approximate surface area is 129 Å². The summed E-state index contributed by atoms with van der Waals surface area (Å²) in [5.41, 5.74) is 2.67. The van der Waals surface area contributed by atoms with Crippen LogP contribution in [0.4, 0.5) is 0 Å². The molecule has 21 heavy (non-hydrogen) atoms. The SMILES string of the molecule is CCCN(Cc1ccc(COC)cc1)CC1CCNCC1. The van der Waals surface area contributed by atoms with Gasteiger partial charge in [-0.05, 0) is 55.9 Å². The van der Waals surface area contributed by atoms with Crippen LogP contribution in [0.5, 0.6) is 0 Å². The topological polar surface area (TPSA) is 24.5 Å². The molecular weight excluding hydrogens is 260 g/mol. The minimum absolute atomic E-state index is 0.702.